The molecule has 0 spiro atoms. The molecule has 6 nitrogen and oxygen atoms in total. The molecule has 0 radical (unpaired) electrons. The van der Waals surface area contributed by atoms with E-state index in [1.54, 1.807) is 13.0 Å². The van der Waals surface area contributed by atoms with Crippen LogP contribution in [0.15, 0.2) is 18.2 Å². The van der Waals surface area contributed by atoms with Gasteiger partial charge in [0.05, 0.1) is 11.0 Å². The number of amides is 1. The molecular formula is C13H18N2O4. The number of nitrogens with zero attached hydrogens (tertiary/aromatic N) is 1. The van der Waals surface area contributed by atoms with Gasteiger partial charge in [0.1, 0.15) is 5.56 Å². The molecule has 19 heavy (non-hydrogen) atoms. The van der Waals surface area contributed by atoms with Gasteiger partial charge in [0.15, 0.2) is 0 Å². The quantitative estimate of drug-likeness (QED) is 0.606. The molecule has 1 rings (SSSR count). The smallest absolute Gasteiger partial charge is 0.282 e. The van der Waals surface area contributed by atoms with Crippen LogP contribution < -0.4 is 5.32 Å². The summed E-state index contributed by atoms with van der Waals surface area (Å²) >= 11 is 0. The van der Waals surface area contributed by atoms with Crippen molar-refractivity contribution < 1.29 is 14.8 Å². The van der Waals surface area contributed by atoms with Gasteiger partial charge in [-0.15, -0.1) is 0 Å². The average molecular weight is 266 g/mol. The number of carbonyl (C=O) groups is 1. The first-order valence-corrected chi connectivity index (χ1v) is 6.17. The Bertz CT molecular complexity index is 474. The van der Waals surface area contributed by atoms with Crippen molar-refractivity contribution in [2.45, 2.75) is 32.8 Å². The summed E-state index contributed by atoms with van der Waals surface area (Å²) in [6.45, 7) is 3.78. The number of hydrogen-bond acceptors (Lipinski definition) is 4. The third-order valence-electron chi connectivity index (χ3n) is 2.71. The lowest BCUT2D eigenvalue weighted by atomic mass is 10.1. The van der Waals surface area contributed by atoms with Gasteiger partial charge < -0.3 is 10.4 Å². The fourth-order valence-electron chi connectivity index (χ4n) is 1.73. The van der Waals surface area contributed by atoms with E-state index in [0.717, 1.165) is 12.0 Å². The number of hydrogen-bond donors (Lipinski definition) is 2. The van der Waals surface area contributed by atoms with Gasteiger partial charge in [-0.3, -0.25) is 14.9 Å². The number of carbonyl (C=O) groups excluding carboxylic acids is 1. The van der Waals surface area contributed by atoms with E-state index in [1.165, 1.54) is 12.1 Å². The molecule has 0 bridgehead atoms. The minimum absolute atomic E-state index is 0.0219. The highest BCUT2D eigenvalue weighted by atomic mass is 16.6. The minimum atomic E-state index is -0.627. The Morgan fingerprint density at radius 1 is 1.53 bits per heavy atom. The zero-order chi connectivity index (χ0) is 14.4. The Kier molecular flexibility index (Phi) is 5.44. The summed E-state index contributed by atoms with van der Waals surface area (Å²) in [6.07, 6.45) is 0.760. The fourth-order valence-corrected chi connectivity index (χ4v) is 1.73. The molecule has 0 aliphatic heterocycles. The second kappa shape index (κ2) is 6.84. The van der Waals surface area contributed by atoms with Gasteiger partial charge in [-0.1, -0.05) is 19.4 Å². The molecule has 0 fully saturated rings. The van der Waals surface area contributed by atoms with Crippen molar-refractivity contribution in [3.63, 3.8) is 0 Å². The van der Waals surface area contributed by atoms with Crippen molar-refractivity contribution in [3.05, 3.63) is 39.4 Å². The van der Waals surface area contributed by atoms with E-state index in [4.69, 9.17) is 0 Å². The monoisotopic (exact) mass is 266 g/mol. The Balaban J connectivity index is 2.81. The molecule has 1 atom stereocenters. The lowest BCUT2D eigenvalue weighted by Gasteiger charge is -2.11. The molecule has 1 aromatic carbocycles. The van der Waals surface area contributed by atoms with Crippen molar-refractivity contribution in [1.29, 1.82) is 0 Å². The molecule has 6 heteroatoms. The first-order chi connectivity index (χ1) is 8.95. The maximum absolute atomic E-state index is 11.9. The molecular weight excluding hydrogens is 248 g/mol. The van der Waals surface area contributed by atoms with Crippen LogP contribution in [-0.2, 0) is 0 Å². The van der Waals surface area contributed by atoms with E-state index in [9.17, 15) is 20.0 Å². The van der Waals surface area contributed by atoms with E-state index >= 15 is 0 Å². The largest absolute Gasteiger partial charge is 0.391 e. The van der Waals surface area contributed by atoms with Crippen LogP contribution >= 0.6 is 0 Å². The Morgan fingerprint density at radius 2 is 2.21 bits per heavy atom. The highest BCUT2D eigenvalue weighted by Gasteiger charge is 2.20. The van der Waals surface area contributed by atoms with E-state index in [2.05, 4.69) is 5.32 Å². The summed E-state index contributed by atoms with van der Waals surface area (Å²) in [4.78, 5) is 22.2. The van der Waals surface area contributed by atoms with Crippen LogP contribution in [0.3, 0.4) is 0 Å². The third kappa shape index (κ3) is 4.33. The predicted octanol–water partition coefficient (Wildman–Crippen LogP) is 1.79. The van der Waals surface area contributed by atoms with Gasteiger partial charge >= 0.3 is 0 Å². The summed E-state index contributed by atoms with van der Waals surface area (Å²) in [5, 5.41) is 22.9. The van der Waals surface area contributed by atoms with Crippen molar-refractivity contribution in [1.82, 2.24) is 5.32 Å². The summed E-state index contributed by atoms with van der Waals surface area (Å²) in [7, 11) is 0. The second-order valence-corrected chi connectivity index (χ2v) is 4.43. The van der Waals surface area contributed by atoms with Gasteiger partial charge in [0, 0.05) is 12.6 Å². The summed E-state index contributed by atoms with van der Waals surface area (Å²) in [5.41, 5.74) is 0.562. The van der Waals surface area contributed by atoms with Crippen molar-refractivity contribution in [3.8, 4) is 0 Å². The molecule has 0 aliphatic rings. The van der Waals surface area contributed by atoms with Crippen molar-refractivity contribution >= 4 is 11.6 Å². The molecule has 104 valence electrons. The fraction of sp³-hybridized carbons (Fsp3) is 0.462. The number of nitro benzene ring substituents is 1. The SMILES string of the molecule is CCCC(O)CNC(=O)c1cc(C)ccc1[N+](=O)[O-]. The van der Waals surface area contributed by atoms with Gasteiger partial charge in [0.25, 0.3) is 11.6 Å². The Morgan fingerprint density at radius 3 is 2.79 bits per heavy atom. The zero-order valence-electron chi connectivity index (χ0n) is 11.0. The standard InChI is InChI=1S/C13H18N2O4/c1-3-4-10(16)8-14-13(17)11-7-9(2)5-6-12(11)15(18)19/h5-7,10,16H,3-4,8H2,1-2H3,(H,14,17). The number of rotatable bonds is 6. The lowest BCUT2D eigenvalue weighted by Crippen LogP contribution is -2.32. The van der Waals surface area contributed by atoms with E-state index in [1.807, 2.05) is 6.92 Å². The average Bonchev–Trinajstić information content (AvgIpc) is 2.35. The van der Waals surface area contributed by atoms with Crippen molar-refractivity contribution in [2.24, 2.45) is 0 Å². The molecule has 1 unspecified atom stereocenters. The first-order valence-electron chi connectivity index (χ1n) is 6.17. The highest BCUT2D eigenvalue weighted by Crippen LogP contribution is 2.19. The van der Waals surface area contributed by atoms with Crippen LogP contribution in [0.1, 0.15) is 35.7 Å². The van der Waals surface area contributed by atoms with E-state index in [0.29, 0.717) is 6.42 Å². The maximum atomic E-state index is 11.9. The van der Waals surface area contributed by atoms with Gasteiger partial charge in [-0.2, -0.15) is 0 Å². The summed E-state index contributed by atoms with van der Waals surface area (Å²) in [5.74, 6) is -0.537. The first kappa shape index (κ1) is 15.1. The highest BCUT2D eigenvalue weighted by molar-refractivity contribution is 5.98. The second-order valence-electron chi connectivity index (χ2n) is 4.43. The number of nitro groups is 1. The molecule has 1 aromatic rings. The van der Waals surface area contributed by atoms with Crippen LogP contribution in [0, 0.1) is 17.0 Å². The Hall–Kier alpha value is -1.95. The van der Waals surface area contributed by atoms with E-state index < -0.39 is 16.9 Å². The number of benzene rings is 1. The number of aryl methyl sites for hydroxylation is 1. The van der Waals surface area contributed by atoms with Crippen LogP contribution in [0.4, 0.5) is 5.69 Å². The molecule has 2 N–H and O–H groups in total. The molecule has 0 aliphatic carbocycles. The predicted molar refractivity (Wildman–Crippen MR) is 71.1 cm³/mol. The zero-order valence-corrected chi connectivity index (χ0v) is 11.0. The number of nitrogens with one attached hydrogen (secondary N) is 1. The number of aliphatic hydroxyl groups is 1. The van der Waals surface area contributed by atoms with Crippen LogP contribution in [0.2, 0.25) is 0 Å². The van der Waals surface area contributed by atoms with Crippen molar-refractivity contribution in [2.75, 3.05) is 6.54 Å². The molecule has 1 amide bonds. The molecule has 0 saturated carbocycles. The molecule has 0 heterocycles. The topological polar surface area (TPSA) is 92.5 Å². The lowest BCUT2D eigenvalue weighted by molar-refractivity contribution is -0.385. The summed E-state index contributed by atoms with van der Waals surface area (Å²) in [6, 6.07) is 4.37. The van der Waals surface area contributed by atoms with Gasteiger partial charge in [0.2, 0.25) is 0 Å². The van der Waals surface area contributed by atoms with Crippen LogP contribution in [0.5, 0.6) is 0 Å². The molecule has 0 aromatic heterocycles. The number of aliphatic hydroxyl groups excluding tert-OH is 1. The van der Waals surface area contributed by atoms with Crippen LogP contribution in [-0.4, -0.2) is 28.6 Å². The summed E-state index contributed by atoms with van der Waals surface area (Å²) < 4.78 is 0. The maximum Gasteiger partial charge on any atom is 0.282 e. The molecule has 0 saturated heterocycles. The normalized spacial score (nSPS) is 11.9. The van der Waals surface area contributed by atoms with Gasteiger partial charge in [-0.25, -0.2) is 0 Å². The van der Waals surface area contributed by atoms with Crippen LogP contribution in [0.25, 0.3) is 0 Å². The van der Waals surface area contributed by atoms with Gasteiger partial charge in [-0.05, 0) is 25.0 Å². The Labute approximate surface area is 111 Å². The third-order valence-corrected chi connectivity index (χ3v) is 2.71. The minimum Gasteiger partial charge on any atom is -0.391 e. The van der Waals surface area contributed by atoms with E-state index in [-0.39, 0.29) is 17.8 Å².